The molecular weight excluding hydrogens is 248 g/mol. The Labute approximate surface area is 125 Å². The molecule has 0 spiro atoms. The maximum Gasteiger partial charge on any atom is 0.103 e. The molecule has 1 rings (SSSR count). The van der Waals surface area contributed by atoms with E-state index in [2.05, 4.69) is 42.2 Å². The number of nitriles is 1. The largest absolute Gasteiger partial charge is 0.305 e. The van der Waals surface area contributed by atoms with Gasteiger partial charge in [-0.15, -0.1) is 0 Å². The number of likely N-dealkylation sites (tertiary alicyclic amines) is 1. The zero-order valence-electron chi connectivity index (χ0n) is 13.8. The van der Waals surface area contributed by atoms with Crippen molar-refractivity contribution in [1.82, 2.24) is 15.1 Å². The van der Waals surface area contributed by atoms with Gasteiger partial charge in [-0.25, -0.2) is 0 Å². The Morgan fingerprint density at radius 1 is 1.45 bits per heavy atom. The fourth-order valence-corrected chi connectivity index (χ4v) is 2.90. The molecule has 0 saturated carbocycles. The van der Waals surface area contributed by atoms with E-state index in [1.54, 1.807) is 0 Å². The van der Waals surface area contributed by atoms with E-state index in [1.807, 2.05) is 6.92 Å². The van der Waals surface area contributed by atoms with Crippen LogP contribution in [0.15, 0.2) is 0 Å². The molecule has 20 heavy (non-hydrogen) atoms. The highest BCUT2D eigenvalue weighted by molar-refractivity contribution is 5.03. The second-order valence-electron chi connectivity index (χ2n) is 6.53. The molecule has 1 heterocycles. The highest BCUT2D eigenvalue weighted by Gasteiger charge is 2.24. The van der Waals surface area contributed by atoms with Gasteiger partial charge in [0.15, 0.2) is 0 Å². The highest BCUT2D eigenvalue weighted by Crippen LogP contribution is 2.16. The Hall–Kier alpha value is -0.630. The number of piperidine rings is 1. The summed E-state index contributed by atoms with van der Waals surface area (Å²) in [6, 6.07) is 3.14. The molecule has 0 aliphatic carbocycles. The first kappa shape index (κ1) is 17.4. The van der Waals surface area contributed by atoms with Crippen LogP contribution >= 0.6 is 0 Å². The summed E-state index contributed by atoms with van der Waals surface area (Å²) < 4.78 is 0. The summed E-state index contributed by atoms with van der Waals surface area (Å²) in [5, 5.41) is 12.7. The second kappa shape index (κ2) is 8.61. The van der Waals surface area contributed by atoms with Gasteiger partial charge < -0.3 is 9.80 Å². The Morgan fingerprint density at radius 2 is 2.20 bits per heavy atom. The minimum Gasteiger partial charge on any atom is -0.305 e. The van der Waals surface area contributed by atoms with Gasteiger partial charge in [0.25, 0.3) is 0 Å². The van der Waals surface area contributed by atoms with E-state index < -0.39 is 0 Å². The third-order valence-corrected chi connectivity index (χ3v) is 4.37. The normalized spacial score (nSPS) is 23.5. The van der Waals surface area contributed by atoms with Crippen LogP contribution in [0.1, 0.15) is 46.0 Å². The van der Waals surface area contributed by atoms with Crippen molar-refractivity contribution in [1.29, 1.82) is 5.26 Å². The van der Waals surface area contributed by atoms with Crippen molar-refractivity contribution in [2.24, 2.45) is 0 Å². The molecule has 2 atom stereocenters. The van der Waals surface area contributed by atoms with E-state index >= 15 is 0 Å². The number of nitrogens with one attached hydrogen (secondary N) is 1. The molecule has 0 radical (unpaired) electrons. The molecule has 0 bridgehead atoms. The Balaban J connectivity index is 2.30. The molecule has 0 amide bonds. The van der Waals surface area contributed by atoms with Crippen molar-refractivity contribution in [3.05, 3.63) is 0 Å². The average molecular weight is 280 g/mol. The predicted octanol–water partition coefficient (Wildman–Crippen LogP) is 2.07. The van der Waals surface area contributed by atoms with Crippen LogP contribution in [-0.2, 0) is 0 Å². The fraction of sp³-hybridized carbons (Fsp3) is 0.938. The van der Waals surface area contributed by atoms with Gasteiger partial charge in [0.05, 0.1) is 6.07 Å². The predicted molar refractivity (Wildman–Crippen MR) is 84.7 cm³/mol. The quantitative estimate of drug-likeness (QED) is 0.739. The summed E-state index contributed by atoms with van der Waals surface area (Å²) in [6.07, 6.45) is 5.73. The molecule has 1 aliphatic heterocycles. The van der Waals surface area contributed by atoms with Crippen molar-refractivity contribution in [2.75, 3.05) is 40.3 Å². The van der Waals surface area contributed by atoms with Crippen LogP contribution in [0, 0.1) is 11.3 Å². The zero-order valence-corrected chi connectivity index (χ0v) is 13.8. The highest BCUT2D eigenvalue weighted by atomic mass is 15.2. The lowest BCUT2D eigenvalue weighted by molar-refractivity contribution is 0.130. The van der Waals surface area contributed by atoms with E-state index in [-0.39, 0.29) is 5.54 Å². The molecule has 116 valence electrons. The maximum absolute atomic E-state index is 9.33. The summed E-state index contributed by atoms with van der Waals surface area (Å²) in [4.78, 5) is 4.90. The Bertz CT molecular complexity index is 310. The van der Waals surface area contributed by atoms with E-state index in [1.165, 1.54) is 25.9 Å². The topological polar surface area (TPSA) is 42.3 Å². The lowest BCUT2D eigenvalue weighted by atomic mass is 9.96. The molecule has 4 nitrogen and oxygen atoms in total. The van der Waals surface area contributed by atoms with Crippen LogP contribution in [0.25, 0.3) is 0 Å². The number of nitrogens with zero attached hydrogens (tertiary/aromatic N) is 3. The van der Waals surface area contributed by atoms with Crippen LogP contribution in [-0.4, -0.2) is 61.7 Å². The number of likely N-dealkylation sites (N-methyl/N-ethyl adjacent to an activating group) is 1. The molecule has 0 aromatic carbocycles. The maximum atomic E-state index is 9.33. The first-order valence-electron chi connectivity index (χ1n) is 8.06. The molecule has 4 heteroatoms. The Morgan fingerprint density at radius 3 is 2.80 bits per heavy atom. The van der Waals surface area contributed by atoms with Gasteiger partial charge >= 0.3 is 0 Å². The first-order valence-corrected chi connectivity index (χ1v) is 8.06. The molecule has 1 fully saturated rings. The van der Waals surface area contributed by atoms with Crippen LogP contribution < -0.4 is 5.32 Å². The second-order valence-corrected chi connectivity index (χ2v) is 6.53. The van der Waals surface area contributed by atoms with Crippen molar-refractivity contribution in [2.45, 2.75) is 57.5 Å². The van der Waals surface area contributed by atoms with Crippen molar-refractivity contribution in [3.8, 4) is 6.07 Å². The van der Waals surface area contributed by atoms with Crippen LogP contribution in [0.2, 0.25) is 0 Å². The van der Waals surface area contributed by atoms with Gasteiger partial charge in [0.2, 0.25) is 0 Å². The summed E-state index contributed by atoms with van der Waals surface area (Å²) in [6.45, 7) is 8.61. The van der Waals surface area contributed by atoms with Gasteiger partial charge in [-0.05, 0) is 72.8 Å². The van der Waals surface area contributed by atoms with E-state index in [9.17, 15) is 5.26 Å². The molecule has 1 saturated heterocycles. The van der Waals surface area contributed by atoms with E-state index in [4.69, 9.17) is 0 Å². The van der Waals surface area contributed by atoms with E-state index in [0.717, 1.165) is 32.4 Å². The standard InChI is InChI=1S/C16H32N4/c1-5-10-18-16(2,14-17)9-7-12-20-11-6-8-15(13-20)19(3)4/h15,18H,5-13H2,1-4H3. The van der Waals surface area contributed by atoms with Crippen molar-refractivity contribution >= 4 is 0 Å². The lowest BCUT2D eigenvalue weighted by Crippen LogP contribution is -2.46. The minimum absolute atomic E-state index is 0.354. The lowest BCUT2D eigenvalue weighted by Gasteiger charge is -2.36. The number of rotatable bonds is 8. The molecular formula is C16H32N4. The monoisotopic (exact) mass is 280 g/mol. The summed E-state index contributed by atoms with van der Waals surface area (Å²) >= 11 is 0. The average Bonchev–Trinajstić information content (AvgIpc) is 2.45. The zero-order chi connectivity index (χ0) is 15.0. The molecule has 2 unspecified atom stereocenters. The van der Waals surface area contributed by atoms with Crippen LogP contribution in [0.3, 0.4) is 0 Å². The number of hydrogen-bond donors (Lipinski definition) is 1. The van der Waals surface area contributed by atoms with Gasteiger partial charge in [0.1, 0.15) is 5.54 Å². The molecule has 1 aliphatic rings. The summed E-state index contributed by atoms with van der Waals surface area (Å²) in [5.41, 5.74) is -0.354. The van der Waals surface area contributed by atoms with Gasteiger partial charge in [-0.2, -0.15) is 5.26 Å². The van der Waals surface area contributed by atoms with Gasteiger partial charge in [-0.3, -0.25) is 5.32 Å². The summed E-state index contributed by atoms with van der Waals surface area (Å²) in [5.74, 6) is 0. The van der Waals surface area contributed by atoms with Crippen LogP contribution in [0.5, 0.6) is 0 Å². The van der Waals surface area contributed by atoms with E-state index in [0.29, 0.717) is 6.04 Å². The van der Waals surface area contributed by atoms with Crippen molar-refractivity contribution < 1.29 is 0 Å². The smallest absolute Gasteiger partial charge is 0.103 e. The van der Waals surface area contributed by atoms with Gasteiger partial charge in [0, 0.05) is 12.6 Å². The molecule has 0 aromatic heterocycles. The third-order valence-electron chi connectivity index (χ3n) is 4.37. The molecule has 0 aromatic rings. The first-order chi connectivity index (χ1) is 9.50. The van der Waals surface area contributed by atoms with Crippen molar-refractivity contribution in [3.63, 3.8) is 0 Å². The SMILES string of the molecule is CCCNC(C)(C#N)CCCN1CCCC(N(C)C)C1. The number of hydrogen-bond acceptors (Lipinski definition) is 4. The van der Waals surface area contributed by atoms with Crippen LogP contribution in [0.4, 0.5) is 0 Å². The molecule has 1 N–H and O–H groups in total. The summed E-state index contributed by atoms with van der Waals surface area (Å²) in [7, 11) is 4.35. The van der Waals surface area contributed by atoms with Gasteiger partial charge in [-0.1, -0.05) is 6.92 Å². The fourth-order valence-electron chi connectivity index (χ4n) is 2.90. The minimum atomic E-state index is -0.354. The third kappa shape index (κ3) is 5.78. The Kier molecular flexibility index (Phi) is 7.50.